The van der Waals surface area contributed by atoms with E-state index in [-0.39, 0.29) is 0 Å². The monoisotopic (exact) mass is 335 g/mol. The quantitative estimate of drug-likeness (QED) is 0.503. The van der Waals surface area contributed by atoms with E-state index in [1.54, 1.807) is 0 Å². The first-order valence-electron chi connectivity index (χ1n) is 9.13. The van der Waals surface area contributed by atoms with Crippen molar-refractivity contribution in [2.75, 3.05) is 4.90 Å². The molecule has 0 radical (unpaired) electrons. The smallest absolute Gasteiger partial charge is 0.0461 e. The lowest BCUT2D eigenvalue weighted by atomic mass is 10.1. The first kappa shape index (κ1) is 22.5. The molecule has 1 heteroatoms. The van der Waals surface area contributed by atoms with Gasteiger partial charge in [0.15, 0.2) is 0 Å². The van der Waals surface area contributed by atoms with Crippen molar-refractivity contribution in [2.24, 2.45) is 0 Å². The summed E-state index contributed by atoms with van der Waals surface area (Å²) < 4.78 is 0. The highest BCUT2D eigenvalue weighted by Crippen LogP contribution is 2.30. The third-order valence-corrected chi connectivity index (χ3v) is 3.19. The van der Waals surface area contributed by atoms with Crippen molar-refractivity contribution >= 4 is 11.4 Å². The molecule has 0 fully saturated rings. The molecule has 0 bridgehead atoms. The minimum absolute atomic E-state index is 1.09. The van der Waals surface area contributed by atoms with Crippen molar-refractivity contribution in [1.82, 2.24) is 0 Å². The van der Waals surface area contributed by atoms with Gasteiger partial charge in [-0.3, -0.25) is 0 Å². The molecule has 2 aromatic carbocycles. The molecule has 2 rings (SSSR count). The maximum absolute atomic E-state index is 3.83. The van der Waals surface area contributed by atoms with E-state index < -0.39 is 0 Å². The van der Waals surface area contributed by atoms with Crippen LogP contribution in [0.25, 0.3) is 0 Å². The van der Waals surface area contributed by atoms with Gasteiger partial charge in [0.05, 0.1) is 0 Å². The number of rotatable bonds is 5. The molecule has 0 spiro atoms. The summed E-state index contributed by atoms with van der Waals surface area (Å²) in [6, 6.07) is 18.9. The van der Waals surface area contributed by atoms with Crippen LogP contribution in [0.5, 0.6) is 0 Å². The van der Waals surface area contributed by atoms with E-state index in [9.17, 15) is 0 Å². The van der Waals surface area contributed by atoms with Gasteiger partial charge in [-0.2, -0.15) is 0 Å². The number of para-hydroxylation sites is 1. The van der Waals surface area contributed by atoms with Gasteiger partial charge in [-0.05, 0) is 50.3 Å². The van der Waals surface area contributed by atoms with Gasteiger partial charge in [0.25, 0.3) is 0 Å². The molecule has 0 saturated heterocycles. The van der Waals surface area contributed by atoms with Gasteiger partial charge in [0, 0.05) is 17.1 Å². The zero-order valence-corrected chi connectivity index (χ0v) is 16.7. The van der Waals surface area contributed by atoms with Crippen LogP contribution in [0.1, 0.15) is 40.2 Å². The fourth-order valence-electron chi connectivity index (χ4n) is 2.21. The number of hydrogen-bond acceptors (Lipinski definition) is 1. The first-order chi connectivity index (χ1) is 12.3. The van der Waals surface area contributed by atoms with Crippen molar-refractivity contribution in [1.29, 1.82) is 0 Å². The van der Waals surface area contributed by atoms with Gasteiger partial charge in [0.2, 0.25) is 0 Å². The Balaban J connectivity index is 0.00000134. The molecule has 25 heavy (non-hydrogen) atoms. The minimum Gasteiger partial charge on any atom is -0.311 e. The van der Waals surface area contributed by atoms with Crippen LogP contribution in [0.2, 0.25) is 0 Å². The van der Waals surface area contributed by atoms with Crippen LogP contribution in [-0.2, 0) is 0 Å². The third-order valence-electron chi connectivity index (χ3n) is 3.19. The topological polar surface area (TPSA) is 3.24 Å². The van der Waals surface area contributed by atoms with E-state index in [1.165, 1.54) is 5.56 Å². The van der Waals surface area contributed by atoms with E-state index in [2.05, 4.69) is 73.0 Å². The van der Waals surface area contributed by atoms with E-state index in [0.717, 1.165) is 17.1 Å². The molecular weight excluding hydrogens is 302 g/mol. The van der Waals surface area contributed by atoms with Gasteiger partial charge < -0.3 is 4.90 Å². The van der Waals surface area contributed by atoms with E-state index in [0.29, 0.717) is 0 Å². The van der Waals surface area contributed by atoms with Gasteiger partial charge in [-0.25, -0.2) is 0 Å². The molecule has 1 nitrogen and oxygen atoms in total. The normalized spacial score (nSPS) is 10.2. The lowest BCUT2D eigenvalue weighted by Crippen LogP contribution is -2.15. The Labute approximate surface area is 155 Å². The van der Waals surface area contributed by atoms with Gasteiger partial charge >= 0.3 is 0 Å². The van der Waals surface area contributed by atoms with E-state index >= 15 is 0 Å². The van der Waals surface area contributed by atoms with Crippen LogP contribution in [0.15, 0.2) is 91.2 Å². The second-order valence-electron chi connectivity index (χ2n) is 4.83. The fraction of sp³-hybridized carbons (Fsp3) is 0.250. The second kappa shape index (κ2) is 13.9. The minimum atomic E-state index is 1.09. The number of nitrogens with zero attached hydrogens (tertiary/aromatic N) is 1. The maximum Gasteiger partial charge on any atom is 0.0461 e. The average Bonchev–Trinajstić information content (AvgIpc) is 2.68. The molecule has 0 N–H and O–H groups in total. The third kappa shape index (κ3) is 7.26. The van der Waals surface area contributed by atoms with Crippen molar-refractivity contribution < 1.29 is 0 Å². The van der Waals surface area contributed by atoms with Crippen molar-refractivity contribution in [3.8, 4) is 0 Å². The summed E-state index contributed by atoms with van der Waals surface area (Å²) in [5.74, 6) is 0. The summed E-state index contributed by atoms with van der Waals surface area (Å²) in [4.78, 5) is 2.22. The highest BCUT2D eigenvalue weighted by Gasteiger charge is 2.11. The zero-order chi connectivity index (χ0) is 19.1. The Morgan fingerprint density at radius 1 is 0.840 bits per heavy atom. The Morgan fingerprint density at radius 2 is 1.36 bits per heavy atom. The van der Waals surface area contributed by atoms with Crippen LogP contribution in [0.3, 0.4) is 0 Å². The first-order valence-corrected chi connectivity index (χ1v) is 9.13. The number of allylic oxidation sites excluding steroid dienone is 4. The number of benzene rings is 2. The van der Waals surface area contributed by atoms with E-state index in [4.69, 9.17) is 0 Å². The second-order valence-corrected chi connectivity index (χ2v) is 4.83. The Bertz CT molecular complexity index is 634. The predicted molar refractivity (Wildman–Crippen MR) is 116 cm³/mol. The Kier molecular flexibility index (Phi) is 12.5. The summed E-state index contributed by atoms with van der Waals surface area (Å²) in [6.45, 7) is 16.0. The SMILES string of the molecule is C=C/C=C(\C=C/C)N(c1ccccc1)c1ccc(C)cc1.CC.CC. The van der Waals surface area contributed by atoms with Crippen molar-refractivity contribution in [3.05, 3.63) is 96.7 Å². The number of anilines is 2. The van der Waals surface area contributed by atoms with Gasteiger partial charge in [-0.1, -0.05) is 82.3 Å². The molecule has 0 aliphatic rings. The van der Waals surface area contributed by atoms with E-state index in [1.807, 2.05) is 58.9 Å². The number of aryl methyl sites for hydroxylation is 1. The molecule has 0 heterocycles. The summed E-state index contributed by atoms with van der Waals surface area (Å²) in [5.41, 5.74) is 4.61. The van der Waals surface area contributed by atoms with Crippen LogP contribution in [-0.4, -0.2) is 0 Å². The van der Waals surface area contributed by atoms with Crippen LogP contribution in [0.4, 0.5) is 11.4 Å². The lowest BCUT2D eigenvalue weighted by molar-refractivity contribution is 1.20. The standard InChI is InChI=1S/C20H21N.2C2H6/c1-4-9-18(10-5-2)21(19-11-7-6-8-12-19)20-15-13-17(3)14-16-20;2*1-2/h4-16H,1H2,2-3H3;2*1-2H3/b10-5-,18-9+;;. The maximum atomic E-state index is 3.83. The molecule has 0 aliphatic heterocycles. The summed E-state index contributed by atoms with van der Waals surface area (Å²) in [5, 5.41) is 0. The largest absolute Gasteiger partial charge is 0.311 e. The molecule has 0 amide bonds. The van der Waals surface area contributed by atoms with Gasteiger partial charge in [0.1, 0.15) is 0 Å². The zero-order valence-electron chi connectivity index (χ0n) is 16.7. The van der Waals surface area contributed by atoms with Crippen LogP contribution in [0, 0.1) is 6.92 Å². The summed E-state index contributed by atoms with van der Waals surface area (Å²) >= 11 is 0. The average molecular weight is 336 g/mol. The highest BCUT2D eigenvalue weighted by molar-refractivity contribution is 5.70. The highest BCUT2D eigenvalue weighted by atomic mass is 15.1. The van der Waals surface area contributed by atoms with Gasteiger partial charge in [-0.15, -0.1) is 0 Å². The Morgan fingerprint density at radius 3 is 1.84 bits per heavy atom. The molecule has 0 aromatic heterocycles. The molecule has 0 aliphatic carbocycles. The molecule has 0 atom stereocenters. The molecule has 0 saturated carbocycles. The lowest BCUT2D eigenvalue weighted by Gasteiger charge is -2.26. The summed E-state index contributed by atoms with van der Waals surface area (Å²) in [6.07, 6.45) is 7.97. The molecule has 2 aromatic rings. The Hall–Kier alpha value is -2.54. The van der Waals surface area contributed by atoms with Crippen LogP contribution < -0.4 is 4.90 Å². The van der Waals surface area contributed by atoms with Crippen molar-refractivity contribution in [2.45, 2.75) is 41.5 Å². The summed E-state index contributed by atoms with van der Waals surface area (Å²) in [7, 11) is 0. The number of hydrogen-bond donors (Lipinski definition) is 0. The van der Waals surface area contributed by atoms with Crippen molar-refractivity contribution in [3.63, 3.8) is 0 Å². The predicted octanol–water partition coefficient (Wildman–Crippen LogP) is 7.83. The molecular formula is C24H33N. The molecule has 0 unspecified atom stereocenters. The molecule has 134 valence electrons. The van der Waals surface area contributed by atoms with Crippen LogP contribution >= 0.6 is 0 Å². The fourth-order valence-corrected chi connectivity index (χ4v) is 2.21.